The van der Waals surface area contributed by atoms with Crippen molar-refractivity contribution in [3.05, 3.63) is 29.0 Å². The maximum Gasteiger partial charge on any atom is 0.309 e. The lowest BCUT2D eigenvalue weighted by molar-refractivity contribution is -0.142. The van der Waals surface area contributed by atoms with Crippen LogP contribution in [0.15, 0.2) is 18.3 Å². The molecule has 1 fully saturated rings. The van der Waals surface area contributed by atoms with Gasteiger partial charge in [-0.3, -0.25) is 9.78 Å². The van der Waals surface area contributed by atoms with Crippen molar-refractivity contribution in [3.63, 3.8) is 0 Å². The maximum absolute atomic E-state index is 11.2. The largest absolute Gasteiger partial charge is 0.469 e. The van der Waals surface area contributed by atoms with Crippen LogP contribution in [0, 0.1) is 5.92 Å². The van der Waals surface area contributed by atoms with Gasteiger partial charge in [0.1, 0.15) is 0 Å². The number of hydrogen-bond donors (Lipinski definition) is 0. The smallest absolute Gasteiger partial charge is 0.309 e. The number of pyridine rings is 1. The first-order valence-corrected chi connectivity index (χ1v) is 4.79. The van der Waals surface area contributed by atoms with E-state index in [1.54, 1.807) is 18.3 Å². The van der Waals surface area contributed by atoms with Gasteiger partial charge >= 0.3 is 5.97 Å². The van der Waals surface area contributed by atoms with Crippen molar-refractivity contribution in [2.24, 2.45) is 5.92 Å². The van der Waals surface area contributed by atoms with Gasteiger partial charge in [0, 0.05) is 22.8 Å². The van der Waals surface area contributed by atoms with E-state index in [0.717, 1.165) is 12.1 Å². The van der Waals surface area contributed by atoms with Gasteiger partial charge in [0.05, 0.1) is 13.0 Å². The Morgan fingerprint density at radius 2 is 2.50 bits per heavy atom. The van der Waals surface area contributed by atoms with Gasteiger partial charge in [-0.05, 0) is 18.6 Å². The third-order valence-corrected chi connectivity index (χ3v) is 2.65. The molecule has 0 radical (unpaired) electrons. The Balaban J connectivity index is 2.09. The highest BCUT2D eigenvalue weighted by Gasteiger charge is 2.45. The van der Waals surface area contributed by atoms with Gasteiger partial charge in [-0.2, -0.15) is 0 Å². The average Bonchev–Trinajstić information content (AvgIpc) is 2.96. The minimum absolute atomic E-state index is 0.0223. The molecule has 0 spiro atoms. The molecule has 0 aliphatic heterocycles. The molecule has 1 aromatic heterocycles. The molecule has 1 aliphatic rings. The molecule has 4 heteroatoms. The lowest BCUT2D eigenvalue weighted by atomic mass is 10.2. The third-order valence-electron chi connectivity index (χ3n) is 2.42. The van der Waals surface area contributed by atoms with E-state index >= 15 is 0 Å². The van der Waals surface area contributed by atoms with E-state index in [4.69, 9.17) is 11.6 Å². The molecular weight excluding hydrogens is 202 g/mol. The first-order valence-electron chi connectivity index (χ1n) is 4.41. The Bertz CT molecular complexity index is 367. The van der Waals surface area contributed by atoms with Crippen LogP contribution in [-0.4, -0.2) is 18.1 Å². The molecular formula is C10H10ClNO2. The number of methoxy groups -OCH3 is 1. The number of halogens is 1. The molecule has 0 unspecified atom stereocenters. The van der Waals surface area contributed by atoms with E-state index in [9.17, 15) is 4.79 Å². The third kappa shape index (κ3) is 1.73. The predicted molar refractivity (Wildman–Crippen MR) is 52.1 cm³/mol. The zero-order chi connectivity index (χ0) is 10.1. The lowest BCUT2D eigenvalue weighted by Crippen LogP contribution is -2.04. The van der Waals surface area contributed by atoms with Crippen LogP contribution in [0.25, 0.3) is 0 Å². The summed E-state index contributed by atoms with van der Waals surface area (Å²) in [6.45, 7) is 0. The zero-order valence-electron chi connectivity index (χ0n) is 7.74. The Kier molecular flexibility index (Phi) is 2.42. The molecule has 1 heterocycles. The van der Waals surface area contributed by atoms with Crippen molar-refractivity contribution in [2.75, 3.05) is 7.11 Å². The van der Waals surface area contributed by atoms with Crippen LogP contribution in [0.4, 0.5) is 0 Å². The molecule has 0 bridgehead atoms. The summed E-state index contributed by atoms with van der Waals surface area (Å²) in [5, 5.41) is 0.658. The van der Waals surface area contributed by atoms with Crippen LogP contribution in [-0.2, 0) is 9.53 Å². The molecule has 14 heavy (non-hydrogen) atoms. The molecule has 0 aromatic carbocycles. The van der Waals surface area contributed by atoms with Crippen molar-refractivity contribution >= 4 is 17.6 Å². The quantitative estimate of drug-likeness (QED) is 0.703. The van der Waals surface area contributed by atoms with Gasteiger partial charge in [-0.25, -0.2) is 0 Å². The molecule has 0 amide bonds. The molecule has 3 nitrogen and oxygen atoms in total. The van der Waals surface area contributed by atoms with E-state index in [1.165, 1.54) is 7.11 Å². The summed E-state index contributed by atoms with van der Waals surface area (Å²) < 4.78 is 4.66. The summed E-state index contributed by atoms with van der Waals surface area (Å²) in [5.41, 5.74) is 0.882. The number of carbonyl (C=O) groups excluding carboxylic acids is 1. The fourth-order valence-corrected chi connectivity index (χ4v) is 1.73. The van der Waals surface area contributed by atoms with Crippen LogP contribution in [0.3, 0.4) is 0 Å². The Hall–Kier alpha value is -1.09. The van der Waals surface area contributed by atoms with Crippen molar-refractivity contribution in [2.45, 2.75) is 12.3 Å². The number of carbonyl (C=O) groups is 1. The SMILES string of the molecule is COC(=O)[C@H]1C[C@@H]1c1cc(Cl)ccn1. The van der Waals surface area contributed by atoms with Gasteiger partial charge in [0.15, 0.2) is 0 Å². The monoisotopic (exact) mass is 211 g/mol. The topological polar surface area (TPSA) is 39.2 Å². The van der Waals surface area contributed by atoms with Crippen molar-refractivity contribution in [3.8, 4) is 0 Å². The minimum Gasteiger partial charge on any atom is -0.469 e. The van der Waals surface area contributed by atoms with Crippen molar-refractivity contribution in [1.29, 1.82) is 0 Å². The van der Waals surface area contributed by atoms with Gasteiger partial charge < -0.3 is 4.74 Å². The van der Waals surface area contributed by atoms with E-state index in [1.807, 2.05) is 0 Å². The van der Waals surface area contributed by atoms with Gasteiger partial charge in [0.25, 0.3) is 0 Å². The van der Waals surface area contributed by atoms with Gasteiger partial charge in [-0.1, -0.05) is 11.6 Å². The van der Waals surface area contributed by atoms with Crippen LogP contribution in [0.2, 0.25) is 5.02 Å². The standard InChI is InChI=1S/C10H10ClNO2/c1-14-10(13)8-5-7(8)9-4-6(11)2-3-12-9/h2-4,7-8H,5H2,1H3/t7-,8-/m0/s1. The summed E-state index contributed by atoms with van der Waals surface area (Å²) in [5.74, 6) is 0.0175. The van der Waals surface area contributed by atoms with E-state index in [-0.39, 0.29) is 17.8 Å². The summed E-state index contributed by atoms with van der Waals surface area (Å²) in [4.78, 5) is 15.3. The fraction of sp³-hybridized carbons (Fsp3) is 0.400. The number of esters is 1. The highest BCUT2D eigenvalue weighted by atomic mass is 35.5. The molecule has 1 aromatic rings. The zero-order valence-corrected chi connectivity index (χ0v) is 8.49. The summed E-state index contributed by atoms with van der Waals surface area (Å²) in [7, 11) is 1.41. The number of hydrogen-bond acceptors (Lipinski definition) is 3. The lowest BCUT2D eigenvalue weighted by Gasteiger charge is -1.99. The van der Waals surface area contributed by atoms with Gasteiger partial charge in [-0.15, -0.1) is 0 Å². The number of nitrogens with zero attached hydrogens (tertiary/aromatic N) is 1. The van der Waals surface area contributed by atoms with E-state index < -0.39 is 0 Å². The number of rotatable bonds is 2. The summed E-state index contributed by atoms with van der Waals surface area (Å²) >= 11 is 5.82. The Morgan fingerprint density at radius 1 is 1.71 bits per heavy atom. The summed E-state index contributed by atoms with van der Waals surface area (Å²) in [6.07, 6.45) is 2.48. The second-order valence-electron chi connectivity index (χ2n) is 3.37. The number of ether oxygens (including phenoxy) is 1. The first kappa shape index (κ1) is 9.46. The molecule has 0 saturated heterocycles. The second-order valence-corrected chi connectivity index (χ2v) is 3.81. The van der Waals surface area contributed by atoms with Crippen LogP contribution in [0.1, 0.15) is 18.0 Å². The molecule has 0 N–H and O–H groups in total. The highest BCUT2D eigenvalue weighted by Crippen LogP contribution is 2.47. The van der Waals surface area contributed by atoms with Crippen LogP contribution in [0.5, 0.6) is 0 Å². The molecule has 2 rings (SSSR count). The predicted octanol–water partition coefficient (Wildman–Crippen LogP) is 2.01. The second kappa shape index (κ2) is 3.58. The molecule has 2 atom stereocenters. The average molecular weight is 212 g/mol. The van der Waals surface area contributed by atoms with Crippen molar-refractivity contribution in [1.82, 2.24) is 4.98 Å². The van der Waals surface area contributed by atoms with E-state index in [0.29, 0.717) is 5.02 Å². The van der Waals surface area contributed by atoms with E-state index in [2.05, 4.69) is 9.72 Å². The molecule has 1 saturated carbocycles. The summed E-state index contributed by atoms with van der Waals surface area (Å²) in [6, 6.07) is 3.52. The first-order chi connectivity index (χ1) is 6.72. The Labute approximate surface area is 87.0 Å². The molecule has 1 aliphatic carbocycles. The fourth-order valence-electron chi connectivity index (χ4n) is 1.56. The highest BCUT2D eigenvalue weighted by molar-refractivity contribution is 6.30. The normalized spacial score (nSPS) is 24.4. The minimum atomic E-state index is -0.156. The molecule has 74 valence electrons. The van der Waals surface area contributed by atoms with Gasteiger partial charge in [0.2, 0.25) is 0 Å². The number of aromatic nitrogens is 1. The Morgan fingerprint density at radius 3 is 3.14 bits per heavy atom. The maximum atomic E-state index is 11.2. The van der Waals surface area contributed by atoms with Crippen molar-refractivity contribution < 1.29 is 9.53 Å². The van der Waals surface area contributed by atoms with Crippen LogP contribution < -0.4 is 0 Å². The van der Waals surface area contributed by atoms with Crippen LogP contribution >= 0.6 is 11.6 Å².